The van der Waals surface area contributed by atoms with E-state index in [1.807, 2.05) is 25.1 Å². The van der Waals surface area contributed by atoms with Crippen LogP contribution in [-0.2, 0) is 4.74 Å². The molecule has 3 heteroatoms. The van der Waals surface area contributed by atoms with Gasteiger partial charge in [0.1, 0.15) is 0 Å². The van der Waals surface area contributed by atoms with Crippen molar-refractivity contribution in [2.24, 2.45) is 0 Å². The van der Waals surface area contributed by atoms with Crippen molar-refractivity contribution in [2.75, 3.05) is 11.9 Å². The lowest BCUT2D eigenvalue weighted by molar-refractivity contribution is 0.0526. The summed E-state index contributed by atoms with van der Waals surface area (Å²) in [6.45, 7) is 6.66. The van der Waals surface area contributed by atoms with E-state index in [2.05, 4.69) is 19.2 Å². The van der Waals surface area contributed by atoms with E-state index < -0.39 is 0 Å². The molecule has 0 aromatic heterocycles. The fraction of sp³-hybridized carbons (Fsp3) is 0.611. The molecule has 0 heterocycles. The van der Waals surface area contributed by atoms with Gasteiger partial charge in [0.25, 0.3) is 0 Å². The average molecular weight is 291 g/mol. The number of benzene rings is 1. The molecule has 0 aliphatic rings. The number of hydrogen-bond acceptors (Lipinski definition) is 3. The molecule has 0 saturated carbocycles. The Kier molecular flexibility index (Phi) is 8.56. The summed E-state index contributed by atoms with van der Waals surface area (Å²) in [5, 5.41) is 3.46. The van der Waals surface area contributed by atoms with E-state index in [1.54, 1.807) is 6.07 Å². The van der Waals surface area contributed by atoms with Gasteiger partial charge in [-0.15, -0.1) is 0 Å². The molecule has 1 aromatic rings. The summed E-state index contributed by atoms with van der Waals surface area (Å²) >= 11 is 0. The van der Waals surface area contributed by atoms with Gasteiger partial charge >= 0.3 is 5.97 Å². The summed E-state index contributed by atoms with van der Waals surface area (Å²) < 4.78 is 5.02. The number of rotatable bonds is 10. The SMILES string of the molecule is CCCCCCCC(C)Nc1cccc(C(=O)OCC)c1. The van der Waals surface area contributed by atoms with E-state index >= 15 is 0 Å². The molecule has 21 heavy (non-hydrogen) atoms. The van der Waals surface area contributed by atoms with Crippen LogP contribution in [0.4, 0.5) is 5.69 Å². The molecule has 0 radical (unpaired) electrons. The van der Waals surface area contributed by atoms with Gasteiger partial charge in [0.05, 0.1) is 12.2 Å². The number of ether oxygens (including phenoxy) is 1. The first kappa shape index (κ1) is 17.5. The van der Waals surface area contributed by atoms with Gasteiger partial charge in [-0.1, -0.05) is 45.1 Å². The second-order valence-corrected chi connectivity index (χ2v) is 5.55. The molecule has 0 spiro atoms. The van der Waals surface area contributed by atoms with Crippen molar-refractivity contribution in [1.29, 1.82) is 0 Å². The molecule has 0 aliphatic heterocycles. The molecule has 0 amide bonds. The molecule has 0 saturated heterocycles. The lowest BCUT2D eigenvalue weighted by atomic mass is 10.1. The van der Waals surface area contributed by atoms with Crippen molar-refractivity contribution in [1.82, 2.24) is 0 Å². The Balaban J connectivity index is 2.39. The molecule has 0 bridgehead atoms. The highest BCUT2D eigenvalue weighted by Crippen LogP contribution is 2.15. The number of anilines is 1. The fourth-order valence-electron chi connectivity index (χ4n) is 2.36. The molecule has 0 aliphatic carbocycles. The van der Waals surface area contributed by atoms with Crippen molar-refractivity contribution in [3.63, 3.8) is 0 Å². The Bertz CT molecular complexity index is 417. The average Bonchev–Trinajstić information content (AvgIpc) is 2.47. The Labute approximate surface area is 129 Å². The first-order valence-corrected chi connectivity index (χ1v) is 8.21. The topological polar surface area (TPSA) is 38.3 Å². The molecular formula is C18H29NO2. The van der Waals surface area contributed by atoms with Crippen LogP contribution in [0.3, 0.4) is 0 Å². The maximum Gasteiger partial charge on any atom is 0.338 e. The second-order valence-electron chi connectivity index (χ2n) is 5.55. The normalized spacial score (nSPS) is 12.0. The molecule has 1 aromatic carbocycles. The van der Waals surface area contributed by atoms with Crippen LogP contribution in [0, 0.1) is 0 Å². The van der Waals surface area contributed by atoms with Crippen molar-refractivity contribution in [2.45, 2.75) is 65.3 Å². The number of hydrogen-bond donors (Lipinski definition) is 1. The van der Waals surface area contributed by atoms with Crippen LogP contribution in [0.2, 0.25) is 0 Å². The zero-order valence-corrected chi connectivity index (χ0v) is 13.7. The monoisotopic (exact) mass is 291 g/mol. The van der Waals surface area contributed by atoms with E-state index in [0.29, 0.717) is 18.2 Å². The maximum absolute atomic E-state index is 11.7. The van der Waals surface area contributed by atoms with E-state index in [1.165, 1.54) is 32.1 Å². The zero-order valence-electron chi connectivity index (χ0n) is 13.7. The maximum atomic E-state index is 11.7. The molecule has 1 atom stereocenters. The first-order chi connectivity index (χ1) is 10.2. The first-order valence-electron chi connectivity index (χ1n) is 8.21. The highest BCUT2D eigenvalue weighted by atomic mass is 16.5. The zero-order chi connectivity index (χ0) is 15.5. The van der Waals surface area contributed by atoms with Crippen molar-refractivity contribution < 1.29 is 9.53 Å². The Morgan fingerprint density at radius 1 is 1.19 bits per heavy atom. The standard InChI is InChI=1S/C18H29NO2/c1-4-6-7-8-9-11-15(3)19-17-13-10-12-16(14-17)18(20)21-5-2/h10,12-15,19H,4-9,11H2,1-3H3. The van der Waals surface area contributed by atoms with Crippen LogP contribution in [0.15, 0.2) is 24.3 Å². The number of nitrogens with one attached hydrogen (secondary N) is 1. The van der Waals surface area contributed by atoms with Crippen LogP contribution in [0.5, 0.6) is 0 Å². The minimum atomic E-state index is -0.256. The molecule has 1 N–H and O–H groups in total. The van der Waals surface area contributed by atoms with Crippen LogP contribution < -0.4 is 5.32 Å². The third-order valence-corrected chi connectivity index (χ3v) is 3.53. The van der Waals surface area contributed by atoms with Crippen LogP contribution >= 0.6 is 0 Å². The van der Waals surface area contributed by atoms with E-state index in [9.17, 15) is 4.79 Å². The number of carbonyl (C=O) groups is 1. The largest absolute Gasteiger partial charge is 0.462 e. The number of unbranched alkanes of at least 4 members (excludes halogenated alkanes) is 4. The molecule has 1 rings (SSSR count). The summed E-state index contributed by atoms with van der Waals surface area (Å²) in [4.78, 5) is 11.7. The van der Waals surface area contributed by atoms with Gasteiger partial charge < -0.3 is 10.1 Å². The van der Waals surface area contributed by atoms with Crippen molar-refractivity contribution in [3.05, 3.63) is 29.8 Å². The number of carbonyl (C=O) groups excluding carboxylic acids is 1. The predicted molar refractivity (Wildman–Crippen MR) is 88.9 cm³/mol. The fourth-order valence-corrected chi connectivity index (χ4v) is 2.36. The van der Waals surface area contributed by atoms with Crippen LogP contribution in [-0.4, -0.2) is 18.6 Å². The van der Waals surface area contributed by atoms with Crippen LogP contribution in [0.1, 0.15) is 69.7 Å². The molecule has 1 unspecified atom stereocenters. The third-order valence-electron chi connectivity index (χ3n) is 3.53. The van der Waals surface area contributed by atoms with Gasteiger partial charge in [-0.05, 0) is 38.5 Å². The summed E-state index contributed by atoms with van der Waals surface area (Å²) in [7, 11) is 0. The van der Waals surface area contributed by atoms with E-state index in [0.717, 1.165) is 12.1 Å². The van der Waals surface area contributed by atoms with E-state index in [-0.39, 0.29) is 5.97 Å². The van der Waals surface area contributed by atoms with Crippen molar-refractivity contribution in [3.8, 4) is 0 Å². The Morgan fingerprint density at radius 3 is 2.67 bits per heavy atom. The van der Waals surface area contributed by atoms with Gasteiger partial charge in [-0.3, -0.25) is 0 Å². The van der Waals surface area contributed by atoms with E-state index in [4.69, 9.17) is 4.74 Å². The van der Waals surface area contributed by atoms with Gasteiger partial charge in [0.2, 0.25) is 0 Å². The van der Waals surface area contributed by atoms with Gasteiger partial charge in [0.15, 0.2) is 0 Å². The highest BCUT2D eigenvalue weighted by Gasteiger charge is 2.08. The van der Waals surface area contributed by atoms with Gasteiger partial charge in [0, 0.05) is 11.7 Å². The minimum Gasteiger partial charge on any atom is -0.462 e. The lowest BCUT2D eigenvalue weighted by Gasteiger charge is -2.15. The summed E-state index contributed by atoms with van der Waals surface area (Å²) in [6, 6.07) is 7.97. The molecule has 0 fully saturated rings. The molecular weight excluding hydrogens is 262 g/mol. The quantitative estimate of drug-likeness (QED) is 0.485. The minimum absolute atomic E-state index is 0.256. The second kappa shape index (κ2) is 10.3. The lowest BCUT2D eigenvalue weighted by Crippen LogP contribution is -2.15. The third kappa shape index (κ3) is 7.16. The van der Waals surface area contributed by atoms with Gasteiger partial charge in [-0.2, -0.15) is 0 Å². The molecule has 118 valence electrons. The summed E-state index contributed by atoms with van der Waals surface area (Å²) in [6.07, 6.45) is 7.68. The summed E-state index contributed by atoms with van der Waals surface area (Å²) in [5.41, 5.74) is 1.60. The van der Waals surface area contributed by atoms with Crippen LogP contribution in [0.25, 0.3) is 0 Å². The molecule has 3 nitrogen and oxygen atoms in total. The number of esters is 1. The smallest absolute Gasteiger partial charge is 0.338 e. The van der Waals surface area contributed by atoms with Crippen molar-refractivity contribution >= 4 is 11.7 Å². The Morgan fingerprint density at radius 2 is 1.95 bits per heavy atom. The van der Waals surface area contributed by atoms with Gasteiger partial charge in [-0.25, -0.2) is 4.79 Å². The Hall–Kier alpha value is -1.51. The summed E-state index contributed by atoms with van der Waals surface area (Å²) in [5.74, 6) is -0.256. The highest BCUT2D eigenvalue weighted by molar-refractivity contribution is 5.90. The predicted octanol–water partition coefficient (Wildman–Crippen LogP) is 5.02.